The Morgan fingerprint density at radius 3 is 2.67 bits per heavy atom. The molecule has 0 spiro atoms. The van der Waals surface area contributed by atoms with Gasteiger partial charge in [-0.2, -0.15) is 0 Å². The summed E-state index contributed by atoms with van der Waals surface area (Å²) in [6.07, 6.45) is 6.95. The van der Waals surface area contributed by atoms with Crippen LogP contribution in [0, 0.1) is 0 Å². The average Bonchev–Trinajstić information content (AvgIpc) is 2.66. The zero-order chi connectivity index (χ0) is 13.0. The lowest BCUT2D eigenvalue weighted by Gasteiger charge is -2.23. The van der Waals surface area contributed by atoms with Crippen molar-refractivity contribution in [1.29, 1.82) is 0 Å². The molecule has 2 aliphatic rings. The van der Waals surface area contributed by atoms with Crippen LogP contribution in [0.4, 0.5) is 0 Å². The van der Waals surface area contributed by atoms with Crippen LogP contribution >= 0.6 is 15.9 Å². The first-order chi connectivity index (χ1) is 8.65. The molecule has 0 aromatic carbocycles. The summed E-state index contributed by atoms with van der Waals surface area (Å²) in [5.74, 6) is 0.245. The standard InChI is InChI=1S/C13H21BrN2O2/c14-10-8-13(18)16(9-10)7-6-12(17)15-11-4-2-1-3-5-11/h10-11H,1-9H2,(H,15,17). The van der Waals surface area contributed by atoms with Crippen LogP contribution < -0.4 is 5.32 Å². The number of alkyl halides is 1. The van der Waals surface area contributed by atoms with Crippen LogP contribution in [0.1, 0.15) is 44.9 Å². The van der Waals surface area contributed by atoms with Crippen molar-refractivity contribution in [3.63, 3.8) is 0 Å². The van der Waals surface area contributed by atoms with E-state index in [4.69, 9.17) is 0 Å². The van der Waals surface area contributed by atoms with Crippen LogP contribution in [-0.4, -0.2) is 40.7 Å². The van der Waals surface area contributed by atoms with E-state index in [-0.39, 0.29) is 16.6 Å². The number of rotatable bonds is 4. The van der Waals surface area contributed by atoms with E-state index in [1.165, 1.54) is 19.3 Å². The molecular weight excluding hydrogens is 296 g/mol. The van der Waals surface area contributed by atoms with E-state index in [2.05, 4.69) is 21.2 Å². The van der Waals surface area contributed by atoms with Crippen molar-refractivity contribution in [1.82, 2.24) is 10.2 Å². The van der Waals surface area contributed by atoms with Gasteiger partial charge in [0.15, 0.2) is 0 Å². The Balaban J connectivity index is 1.66. The highest BCUT2D eigenvalue weighted by Gasteiger charge is 2.27. The molecule has 1 atom stereocenters. The minimum atomic E-state index is 0.0905. The first kappa shape index (κ1) is 13.8. The maximum Gasteiger partial charge on any atom is 0.223 e. The van der Waals surface area contributed by atoms with Gasteiger partial charge in [0.2, 0.25) is 11.8 Å². The van der Waals surface area contributed by atoms with Gasteiger partial charge in [-0.15, -0.1) is 0 Å². The van der Waals surface area contributed by atoms with Crippen LogP contribution in [0.25, 0.3) is 0 Å². The summed E-state index contributed by atoms with van der Waals surface area (Å²) < 4.78 is 0. The molecule has 0 aromatic rings. The molecule has 18 heavy (non-hydrogen) atoms. The lowest BCUT2D eigenvalue weighted by molar-refractivity contribution is -0.128. The van der Waals surface area contributed by atoms with Crippen LogP contribution in [0.5, 0.6) is 0 Å². The van der Waals surface area contributed by atoms with Crippen LogP contribution in [-0.2, 0) is 9.59 Å². The molecule has 1 N–H and O–H groups in total. The Hall–Kier alpha value is -0.580. The van der Waals surface area contributed by atoms with Gasteiger partial charge in [-0.25, -0.2) is 0 Å². The van der Waals surface area contributed by atoms with Gasteiger partial charge in [0.25, 0.3) is 0 Å². The van der Waals surface area contributed by atoms with Gasteiger partial charge in [-0.05, 0) is 12.8 Å². The number of hydrogen-bond donors (Lipinski definition) is 1. The second-order valence-electron chi connectivity index (χ2n) is 5.29. The van der Waals surface area contributed by atoms with Gasteiger partial charge in [0.05, 0.1) is 0 Å². The fraction of sp³-hybridized carbons (Fsp3) is 0.846. The van der Waals surface area contributed by atoms with Crippen molar-refractivity contribution in [2.24, 2.45) is 0 Å². The summed E-state index contributed by atoms with van der Waals surface area (Å²) >= 11 is 3.44. The molecular formula is C13H21BrN2O2. The third-order valence-corrected chi connectivity index (χ3v) is 4.36. The van der Waals surface area contributed by atoms with Gasteiger partial charge < -0.3 is 10.2 Å². The normalized spacial score (nSPS) is 25.5. The van der Waals surface area contributed by atoms with E-state index in [9.17, 15) is 9.59 Å². The molecule has 1 aliphatic heterocycles. The number of halogens is 1. The summed E-state index contributed by atoms with van der Waals surface area (Å²) in [6.45, 7) is 1.29. The molecule has 2 fully saturated rings. The summed E-state index contributed by atoms with van der Waals surface area (Å²) in [6, 6.07) is 0.365. The average molecular weight is 317 g/mol. The van der Waals surface area contributed by atoms with Crippen LogP contribution in [0.15, 0.2) is 0 Å². The number of likely N-dealkylation sites (tertiary alicyclic amines) is 1. The molecule has 4 nitrogen and oxygen atoms in total. The highest BCUT2D eigenvalue weighted by molar-refractivity contribution is 9.09. The highest BCUT2D eigenvalue weighted by atomic mass is 79.9. The summed E-state index contributed by atoms with van der Waals surface area (Å²) in [5.41, 5.74) is 0. The molecule has 2 rings (SSSR count). The van der Waals surface area contributed by atoms with Crippen LogP contribution in [0.2, 0.25) is 0 Å². The molecule has 1 aliphatic carbocycles. The van der Waals surface area contributed by atoms with Crippen LogP contribution in [0.3, 0.4) is 0 Å². The number of amides is 2. The molecule has 1 saturated heterocycles. The van der Waals surface area contributed by atoms with Gasteiger partial charge in [-0.1, -0.05) is 35.2 Å². The zero-order valence-corrected chi connectivity index (χ0v) is 12.2. The first-order valence-corrected chi connectivity index (χ1v) is 7.78. The van der Waals surface area contributed by atoms with E-state index in [1.54, 1.807) is 4.90 Å². The Morgan fingerprint density at radius 2 is 2.06 bits per heavy atom. The minimum Gasteiger partial charge on any atom is -0.353 e. The summed E-state index contributed by atoms with van der Waals surface area (Å²) in [5, 5.41) is 3.08. The molecule has 0 radical (unpaired) electrons. The van der Waals surface area contributed by atoms with Gasteiger partial charge in [-0.3, -0.25) is 9.59 Å². The second kappa shape index (κ2) is 6.55. The molecule has 1 saturated carbocycles. The number of nitrogens with zero attached hydrogens (tertiary/aromatic N) is 1. The monoisotopic (exact) mass is 316 g/mol. The molecule has 1 unspecified atom stereocenters. The molecule has 2 amide bonds. The Labute approximate surface area is 117 Å². The van der Waals surface area contributed by atoms with Crippen molar-refractivity contribution >= 4 is 27.7 Å². The molecule has 102 valence electrons. The predicted octanol–water partition coefficient (Wildman–Crippen LogP) is 1.82. The number of carbonyl (C=O) groups is 2. The molecule has 0 aromatic heterocycles. The Bertz CT molecular complexity index is 316. The quantitative estimate of drug-likeness (QED) is 0.804. The number of nitrogens with one attached hydrogen (secondary N) is 1. The van der Waals surface area contributed by atoms with E-state index in [1.807, 2.05) is 0 Å². The third-order valence-electron chi connectivity index (χ3n) is 3.75. The largest absolute Gasteiger partial charge is 0.353 e. The summed E-state index contributed by atoms with van der Waals surface area (Å²) in [4.78, 5) is 25.4. The topological polar surface area (TPSA) is 49.4 Å². The fourth-order valence-electron chi connectivity index (χ4n) is 2.72. The smallest absolute Gasteiger partial charge is 0.223 e. The SMILES string of the molecule is O=C(CCN1CC(Br)CC1=O)NC1CCCCC1. The molecule has 5 heteroatoms. The van der Waals surface area contributed by atoms with Gasteiger partial charge >= 0.3 is 0 Å². The number of carbonyl (C=O) groups excluding carboxylic acids is 2. The minimum absolute atomic E-state index is 0.0905. The molecule has 0 bridgehead atoms. The Morgan fingerprint density at radius 1 is 1.33 bits per heavy atom. The van der Waals surface area contributed by atoms with Crippen molar-refractivity contribution < 1.29 is 9.59 Å². The fourth-order valence-corrected chi connectivity index (χ4v) is 3.35. The van der Waals surface area contributed by atoms with Crippen molar-refractivity contribution in [2.75, 3.05) is 13.1 Å². The van der Waals surface area contributed by atoms with Crippen molar-refractivity contribution in [3.05, 3.63) is 0 Å². The second-order valence-corrected chi connectivity index (χ2v) is 6.59. The van der Waals surface area contributed by atoms with E-state index >= 15 is 0 Å². The van der Waals surface area contributed by atoms with Gasteiger partial charge in [0.1, 0.15) is 0 Å². The maximum absolute atomic E-state index is 11.8. The Kier molecular flexibility index (Phi) is 5.03. The van der Waals surface area contributed by atoms with E-state index in [0.717, 1.165) is 19.4 Å². The zero-order valence-electron chi connectivity index (χ0n) is 10.7. The number of hydrogen-bond acceptors (Lipinski definition) is 2. The predicted molar refractivity (Wildman–Crippen MR) is 73.5 cm³/mol. The van der Waals surface area contributed by atoms with E-state index < -0.39 is 0 Å². The van der Waals surface area contributed by atoms with Crippen molar-refractivity contribution in [2.45, 2.75) is 55.8 Å². The third kappa shape index (κ3) is 3.97. The first-order valence-electron chi connectivity index (χ1n) is 6.86. The van der Waals surface area contributed by atoms with Crippen molar-refractivity contribution in [3.8, 4) is 0 Å². The van der Waals surface area contributed by atoms with Gasteiger partial charge in [0, 0.05) is 36.8 Å². The lowest BCUT2D eigenvalue weighted by atomic mass is 9.95. The highest BCUT2D eigenvalue weighted by Crippen LogP contribution is 2.19. The lowest BCUT2D eigenvalue weighted by Crippen LogP contribution is -2.38. The van der Waals surface area contributed by atoms with E-state index in [0.29, 0.717) is 25.4 Å². The maximum atomic E-state index is 11.8. The molecule has 1 heterocycles. The summed E-state index contributed by atoms with van der Waals surface area (Å²) in [7, 11) is 0.